The van der Waals surface area contributed by atoms with Crippen LogP contribution in [0, 0.1) is 0 Å². The number of hydrogen-bond acceptors (Lipinski definition) is 5. The van der Waals surface area contributed by atoms with E-state index >= 15 is 0 Å². The maximum atomic E-state index is 12.6. The van der Waals surface area contributed by atoms with E-state index in [-0.39, 0.29) is 10.9 Å². The number of carbonyl (C=O) groups excluding carboxylic acids is 1. The SMILES string of the molecule is COc1cccc(NC(=O)CSc2nc(C(F)(F)F)cc(=O)[nH]2)c1. The first-order valence-corrected chi connectivity index (χ1v) is 7.52. The molecule has 0 aliphatic carbocycles. The van der Waals surface area contributed by atoms with Crippen molar-refractivity contribution in [1.29, 1.82) is 0 Å². The zero-order valence-electron chi connectivity index (χ0n) is 12.3. The van der Waals surface area contributed by atoms with Crippen molar-refractivity contribution < 1.29 is 22.7 Å². The van der Waals surface area contributed by atoms with E-state index in [1.165, 1.54) is 7.11 Å². The average Bonchev–Trinajstić information content (AvgIpc) is 2.52. The molecule has 0 fully saturated rings. The first kappa shape index (κ1) is 17.9. The predicted molar refractivity (Wildman–Crippen MR) is 82.2 cm³/mol. The van der Waals surface area contributed by atoms with Crippen molar-refractivity contribution in [3.63, 3.8) is 0 Å². The topological polar surface area (TPSA) is 84.1 Å². The number of ether oxygens (including phenoxy) is 1. The fourth-order valence-corrected chi connectivity index (χ4v) is 2.36. The van der Waals surface area contributed by atoms with Crippen LogP contribution in [0.3, 0.4) is 0 Å². The van der Waals surface area contributed by atoms with Crippen LogP contribution in [-0.2, 0) is 11.0 Å². The molecule has 0 bridgehead atoms. The molecule has 0 atom stereocenters. The van der Waals surface area contributed by atoms with Gasteiger partial charge in [-0.1, -0.05) is 17.8 Å². The standard InChI is InChI=1S/C14H12F3N3O3S/c1-23-9-4-2-3-8(5-9)18-12(22)7-24-13-19-10(14(15,16)17)6-11(21)20-13/h2-6H,7H2,1H3,(H,18,22)(H,19,20,21). The molecule has 0 saturated heterocycles. The lowest BCUT2D eigenvalue weighted by atomic mass is 10.3. The van der Waals surface area contributed by atoms with Crippen LogP contribution in [0.1, 0.15) is 5.69 Å². The Bertz CT molecular complexity index is 793. The molecule has 0 unspecified atom stereocenters. The molecule has 1 heterocycles. The number of nitrogens with one attached hydrogen (secondary N) is 2. The van der Waals surface area contributed by atoms with Crippen molar-refractivity contribution in [2.45, 2.75) is 11.3 Å². The molecule has 24 heavy (non-hydrogen) atoms. The van der Waals surface area contributed by atoms with Gasteiger partial charge in [0.2, 0.25) is 5.91 Å². The maximum absolute atomic E-state index is 12.6. The van der Waals surface area contributed by atoms with E-state index in [2.05, 4.69) is 15.3 Å². The number of benzene rings is 1. The molecule has 0 aliphatic rings. The monoisotopic (exact) mass is 359 g/mol. The van der Waals surface area contributed by atoms with E-state index in [1.54, 1.807) is 24.3 Å². The van der Waals surface area contributed by atoms with E-state index in [9.17, 15) is 22.8 Å². The molecule has 0 aliphatic heterocycles. The van der Waals surface area contributed by atoms with Gasteiger partial charge >= 0.3 is 6.18 Å². The van der Waals surface area contributed by atoms with Gasteiger partial charge in [-0.25, -0.2) is 4.98 Å². The normalized spacial score (nSPS) is 11.2. The van der Waals surface area contributed by atoms with Crippen molar-refractivity contribution in [2.75, 3.05) is 18.2 Å². The van der Waals surface area contributed by atoms with Gasteiger partial charge < -0.3 is 15.0 Å². The van der Waals surface area contributed by atoms with Gasteiger partial charge in [-0.3, -0.25) is 9.59 Å². The Labute approximate surface area is 138 Å². The van der Waals surface area contributed by atoms with E-state index in [0.29, 0.717) is 29.3 Å². The highest BCUT2D eigenvalue weighted by atomic mass is 32.2. The lowest BCUT2D eigenvalue weighted by Gasteiger charge is -2.08. The molecule has 1 aromatic heterocycles. The summed E-state index contributed by atoms with van der Waals surface area (Å²) in [5, 5.41) is 2.28. The van der Waals surface area contributed by atoms with Gasteiger partial charge in [0.05, 0.1) is 12.9 Å². The summed E-state index contributed by atoms with van der Waals surface area (Å²) in [6, 6.07) is 6.96. The summed E-state index contributed by atoms with van der Waals surface area (Å²) in [6.07, 6.45) is -4.73. The molecule has 10 heteroatoms. The van der Waals surface area contributed by atoms with Crippen LogP contribution in [0.15, 0.2) is 40.3 Å². The highest BCUT2D eigenvalue weighted by molar-refractivity contribution is 7.99. The van der Waals surface area contributed by atoms with Crippen LogP contribution in [0.2, 0.25) is 0 Å². The van der Waals surface area contributed by atoms with Gasteiger partial charge in [-0.05, 0) is 12.1 Å². The van der Waals surface area contributed by atoms with Crippen LogP contribution in [0.25, 0.3) is 0 Å². The van der Waals surface area contributed by atoms with Crippen LogP contribution in [0.4, 0.5) is 18.9 Å². The molecular weight excluding hydrogens is 347 g/mol. The summed E-state index contributed by atoms with van der Waals surface area (Å²) in [5.41, 5.74) is -1.76. The number of H-pyrrole nitrogens is 1. The second-order valence-corrected chi connectivity index (χ2v) is 5.47. The molecule has 0 saturated carbocycles. The highest BCUT2D eigenvalue weighted by Gasteiger charge is 2.33. The molecule has 2 N–H and O–H groups in total. The van der Waals surface area contributed by atoms with Crippen LogP contribution < -0.4 is 15.6 Å². The Morgan fingerprint density at radius 3 is 2.79 bits per heavy atom. The Hall–Kier alpha value is -2.49. The van der Waals surface area contributed by atoms with Crippen molar-refractivity contribution in [2.24, 2.45) is 0 Å². The molecule has 2 aromatic rings. The molecule has 128 valence electrons. The number of aromatic nitrogens is 2. The molecular formula is C14H12F3N3O3S. The van der Waals surface area contributed by atoms with Gasteiger partial charge in [0.15, 0.2) is 10.9 Å². The van der Waals surface area contributed by atoms with E-state index < -0.39 is 23.3 Å². The number of thioether (sulfide) groups is 1. The van der Waals surface area contributed by atoms with Crippen molar-refractivity contribution >= 4 is 23.4 Å². The van der Waals surface area contributed by atoms with Gasteiger partial charge in [0.1, 0.15) is 5.75 Å². The fraction of sp³-hybridized carbons (Fsp3) is 0.214. The first-order valence-electron chi connectivity index (χ1n) is 6.53. The molecule has 1 aromatic carbocycles. The van der Waals surface area contributed by atoms with Gasteiger partial charge in [-0.2, -0.15) is 13.2 Å². The maximum Gasteiger partial charge on any atom is 0.433 e. The highest BCUT2D eigenvalue weighted by Crippen LogP contribution is 2.27. The smallest absolute Gasteiger partial charge is 0.433 e. The molecule has 0 radical (unpaired) electrons. The van der Waals surface area contributed by atoms with Crippen molar-refractivity contribution in [1.82, 2.24) is 9.97 Å². The summed E-state index contributed by atoms with van der Waals surface area (Å²) in [4.78, 5) is 28.5. The zero-order chi connectivity index (χ0) is 17.7. The van der Waals surface area contributed by atoms with Gasteiger partial charge in [0, 0.05) is 17.8 Å². The Morgan fingerprint density at radius 1 is 1.38 bits per heavy atom. The second kappa shape index (κ2) is 7.39. The number of rotatable bonds is 5. The minimum Gasteiger partial charge on any atom is -0.497 e. The molecule has 6 nitrogen and oxygen atoms in total. The van der Waals surface area contributed by atoms with Crippen LogP contribution in [0.5, 0.6) is 5.75 Å². The predicted octanol–water partition coefficient (Wildman–Crippen LogP) is 2.53. The number of hydrogen-bond donors (Lipinski definition) is 2. The molecule has 1 amide bonds. The Balaban J connectivity index is 2.01. The number of alkyl halides is 3. The number of aromatic amines is 1. The van der Waals surface area contributed by atoms with Crippen LogP contribution >= 0.6 is 11.8 Å². The molecule has 2 rings (SSSR count). The number of carbonyl (C=O) groups is 1. The quantitative estimate of drug-likeness (QED) is 0.633. The number of methoxy groups -OCH3 is 1. The summed E-state index contributed by atoms with van der Waals surface area (Å²) < 4.78 is 42.8. The minimum atomic E-state index is -4.73. The second-order valence-electron chi connectivity index (χ2n) is 4.50. The van der Waals surface area contributed by atoms with Gasteiger partial charge in [-0.15, -0.1) is 0 Å². The summed E-state index contributed by atoms with van der Waals surface area (Å²) in [6.45, 7) is 0. The van der Waals surface area contributed by atoms with Gasteiger partial charge in [0.25, 0.3) is 5.56 Å². The number of amides is 1. The third kappa shape index (κ3) is 5.01. The Morgan fingerprint density at radius 2 is 2.12 bits per heavy atom. The lowest BCUT2D eigenvalue weighted by Crippen LogP contribution is -2.18. The summed E-state index contributed by atoms with van der Waals surface area (Å²) in [7, 11) is 1.48. The first-order chi connectivity index (χ1) is 11.3. The van der Waals surface area contributed by atoms with E-state index in [4.69, 9.17) is 4.74 Å². The zero-order valence-corrected chi connectivity index (χ0v) is 13.1. The number of nitrogens with zero attached hydrogens (tertiary/aromatic N) is 1. The molecule has 0 spiro atoms. The third-order valence-corrected chi connectivity index (χ3v) is 3.58. The number of halogens is 3. The van der Waals surface area contributed by atoms with E-state index in [1.807, 2.05) is 0 Å². The largest absolute Gasteiger partial charge is 0.497 e. The average molecular weight is 359 g/mol. The Kier molecular flexibility index (Phi) is 5.50. The minimum absolute atomic E-state index is 0.221. The number of anilines is 1. The summed E-state index contributed by atoms with van der Waals surface area (Å²) >= 11 is 0.692. The fourth-order valence-electron chi connectivity index (χ4n) is 1.68. The third-order valence-electron chi connectivity index (χ3n) is 2.70. The van der Waals surface area contributed by atoms with Crippen molar-refractivity contribution in [3.05, 3.63) is 46.4 Å². The van der Waals surface area contributed by atoms with E-state index in [0.717, 1.165) is 0 Å². The van der Waals surface area contributed by atoms with Crippen LogP contribution in [-0.4, -0.2) is 28.7 Å². The van der Waals surface area contributed by atoms with Crippen molar-refractivity contribution in [3.8, 4) is 5.75 Å². The lowest BCUT2D eigenvalue weighted by molar-refractivity contribution is -0.141. The summed E-state index contributed by atoms with van der Waals surface area (Å²) in [5.74, 6) is -0.140.